The van der Waals surface area contributed by atoms with E-state index in [0.717, 1.165) is 11.4 Å². The highest BCUT2D eigenvalue weighted by molar-refractivity contribution is 6.31. The van der Waals surface area contributed by atoms with Gasteiger partial charge in [0.15, 0.2) is 0 Å². The SMILES string of the molecule is COCCOc1cc(C)nc(Cl)n1.Cc1cc(Cl)nc(Cl)n1. The van der Waals surface area contributed by atoms with E-state index in [2.05, 4.69) is 19.9 Å². The van der Waals surface area contributed by atoms with Crippen molar-refractivity contribution in [2.45, 2.75) is 13.8 Å². The molecule has 0 amide bonds. The van der Waals surface area contributed by atoms with Gasteiger partial charge in [-0.1, -0.05) is 11.6 Å². The fourth-order valence-electron chi connectivity index (χ4n) is 1.30. The second-order valence-electron chi connectivity index (χ2n) is 4.06. The number of ether oxygens (including phenoxy) is 2. The summed E-state index contributed by atoms with van der Waals surface area (Å²) in [5, 5.41) is 0.778. The summed E-state index contributed by atoms with van der Waals surface area (Å²) in [6.07, 6.45) is 0. The lowest BCUT2D eigenvalue weighted by molar-refractivity contribution is 0.143. The topological polar surface area (TPSA) is 70.0 Å². The van der Waals surface area contributed by atoms with Crippen LogP contribution < -0.4 is 4.74 Å². The van der Waals surface area contributed by atoms with Gasteiger partial charge in [-0.3, -0.25) is 0 Å². The number of halogens is 3. The Morgan fingerprint density at radius 2 is 1.45 bits per heavy atom. The first-order chi connectivity index (χ1) is 10.4. The zero-order valence-electron chi connectivity index (χ0n) is 12.3. The highest BCUT2D eigenvalue weighted by Crippen LogP contribution is 2.11. The van der Waals surface area contributed by atoms with Gasteiger partial charge < -0.3 is 9.47 Å². The molecule has 0 aromatic carbocycles. The Morgan fingerprint density at radius 3 is 1.95 bits per heavy atom. The Hall–Kier alpha value is -1.21. The van der Waals surface area contributed by atoms with E-state index in [1.807, 2.05) is 6.92 Å². The van der Waals surface area contributed by atoms with Crippen LogP contribution in [0.2, 0.25) is 15.7 Å². The summed E-state index contributed by atoms with van der Waals surface area (Å²) in [6, 6.07) is 3.37. The van der Waals surface area contributed by atoms with Gasteiger partial charge in [-0.25, -0.2) is 15.0 Å². The number of aromatic nitrogens is 4. The molecule has 2 rings (SSSR count). The molecule has 2 aromatic heterocycles. The van der Waals surface area contributed by atoms with Gasteiger partial charge in [0.2, 0.25) is 16.4 Å². The maximum atomic E-state index is 5.63. The minimum absolute atomic E-state index is 0.194. The minimum atomic E-state index is 0.194. The maximum absolute atomic E-state index is 5.63. The number of methoxy groups -OCH3 is 1. The van der Waals surface area contributed by atoms with Crippen LogP contribution in [0.15, 0.2) is 12.1 Å². The standard InChI is InChI=1S/C8H11ClN2O2.C5H4Cl2N2/c1-6-5-7(11-8(9)10-6)13-4-3-12-2;1-3-2-4(6)9-5(7)8-3/h5H,3-4H2,1-2H3;2H,1H3. The first-order valence-corrected chi connectivity index (χ1v) is 7.33. The lowest BCUT2D eigenvalue weighted by Gasteiger charge is -2.04. The van der Waals surface area contributed by atoms with E-state index in [0.29, 0.717) is 24.2 Å². The number of rotatable bonds is 4. The van der Waals surface area contributed by atoms with Crippen molar-refractivity contribution in [2.75, 3.05) is 20.3 Å². The molecule has 0 N–H and O–H groups in total. The normalized spacial score (nSPS) is 9.91. The van der Waals surface area contributed by atoms with E-state index in [-0.39, 0.29) is 10.6 Å². The largest absolute Gasteiger partial charge is 0.475 e. The molecule has 0 saturated carbocycles. The second-order valence-corrected chi connectivity index (χ2v) is 5.12. The first-order valence-electron chi connectivity index (χ1n) is 6.20. The monoisotopic (exact) mass is 364 g/mol. The van der Waals surface area contributed by atoms with Crippen molar-refractivity contribution in [1.82, 2.24) is 19.9 Å². The van der Waals surface area contributed by atoms with Crippen LogP contribution in [0.3, 0.4) is 0 Å². The highest BCUT2D eigenvalue weighted by Gasteiger charge is 2.00. The summed E-state index contributed by atoms with van der Waals surface area (Å²) < 4.78 is 10.1. The smallest absolute Gasteiger partial charge is 0.225 e. The quantitative estimate of drug-likeness (QED) is 0.469. The van der Waals surface area contributed by atoms with Crippen molar-refractivity contribution in [3.8, 4) is 5.88 Å². The van der Waals surface area contributed by atoms with Crippen LogP contribution in [0.4, 0.5) is 0 Å². The molecule has 0 unspecified atom stereocenters. The molecule has 0 fully saturated rings. The minimum Gasteiger partial charge on any atom is -0.475 e. The predicted octanol–water partition coefficient (Wildman–Crippen LogP) is 3.56. The Bertz CT molecular complexity index is 543. The van der Waals surface area contributed by atoms with Crippen molar-refractivity contribution < 1.29 is 9.47 Å². The van der Waals surface area contributed by atoms with Crippen LogP contribution in [-0.4, -0.2) is 40.3 Å². The van der Waals surface area contributed by atoms with Gasteiger partial charge in [-0.15, -0.1) is 0 Å². The van der Waals surface area contributed by atoms with Gasteiger partial charge in [-0.2, -0.15) is 4.98 Å². The Morgan fingerprint density at radius 1 is 0.864 bits per heavy atom. The van der Waals surface area contributed by atoms with E-state index in [4.69, 9.17) is 44.3 Å². The summed E-state index contributed by atoms with van der Waals surface area (Å²) >= 11 is 16.6. The van der Waals surface area contributed by atoms with Crippen molar-refractivity contribution in [3.05, 3.63) is 39.2 Å². The van der Waals surface area contributed by atoms with E-state index >= 15 is 0 Å². The number of hydrogen-bond acceptors (Lipinski definition) is 6. The molecule has 0 radical (unpaired) electrons. The summed E-state index contributed by atoms with van der Waals surface area (Å²) in [7, 11) is 1.61. The molecule has 0 aliphatic heterocycles. The van der Waals surface area contributed by atoms with Crippen LogP contribution in [0.5, 0.6) is 5.88 Å². The third-order valence-electron chi connectivity index (χ3n) is 2.14. The molecule has 120 valence electrons. The molecule has 22 heavy (non-hydrogen) atoms. The van der Waals surface area contributed by atoms with Gasteiger partial charge >= 0.3 is 0 Å². The van der Waals surface area contributed by atoms with Gasteiger partial charge in [0, 0.05) is 24.6 Å². The molecule has 0 aliphatic carbocycles. The molecular formula is C13H15Cl3N4O2. The van der Waals surface area contributed by atoms with Crippen LogP contribution in [0.1, 0.15) is 11.4 Å². The highest BCUT2D eigenvalue weighted by atomic mass is 35.5. The second kappa shape index (κ2) is 9.74. The Balaban J connectivity index is 0.000000235. The number of aryl methyl sites for hydroxylation is 2. The fourth-order valence-corrected chi connectivity index (χ4v) is 2.03. The number of hydrogen-bond donors (Lipinski definition) is 0. The Labute approximate surface area is 143 Å². The molecule has 0 saturated heterocycles. The van der Waals surface area contributed by atoms with E-state index < -0.39 is 0 Å². The van der Waals surface area contributed by atoms with Crippen molar-refractivity contribution in [3.63, 3.8) is 0 Å². The summed E-state index contributed by atoms with van der Waals surface area (Å²) in [5.41, 5.74) is 1.56. The zero-order valence-corrected chi connectivity index (χ0v) is 14.6. The molecule has 9 heteroatoms. The predicted molar refractivity (Wildman–Crippen MR) is 85.9 cm³/mol. The van der Waals surface area contributed by atoms with Crippen LogP contribution in [0, 0.1) is 13.8 Å². The van der Waals surface area contributed by atoms with Crippen LogP contribution in [-0.2, 0) is 4.74 Å². The summed E-state index contributed by atoms with van der Waals surface area (Å²) in [4.78, 5) is 15.2. The first kappa shape index (κ1) is 18.8. The molecule has 0 spiro atoms. The Kier molecular flexibility index (Phi) is 8.34. The molecule has 0 atom stereocenters. The molecule has 2 heterocycles. The molecule has 2 aromatic rings. The van der Waals surface area contributed by atoms with Crippen LogP contribution >= 0.6 is 34.8 Å². The zero-order chi connectivity index (χ0) is 16.5. The average Bonchev–Trinajstić information content (AvgIpc) is 2.36. The van der Waals surface area contributed by atoms with Crippen molar-refractivity contribution in [2.24, 2.45) is 0 Å². The third kappa shape index (κ3) is 7.70. The van der Waals surface area contributed by atoms with E-state index in [9.17, 15) is 0 Å². The molecule has 6 nitrogen and oxygen atoms in total. The van der Waals surface area contributed by atoms with Gasteiger partial charge in [0.05, 0.1) is 6.61 Å². The van der Waals surface area contributed by atoms with E-state index in [1.165, 1.54) is 0 Å². The van der Waals surface area contributed by atoms with Gasteiger partial charge in [-0.05, 0) is 43.1 Å². The maximum Gasteiger partial charge on any atom is 0.225 e. The average molecular weight is 366 g/mol. The molecule has 0 aliphatic rings. The fraction of sp³-hybridized carbons (Fsp3) is 0.385. The van der Waals surface area contributed by atoms with Crippen molar-refractivity contribution >= 4 is 34.8 Å². The van der Waals surface area contributed by atoms with Gasteiger partial charge in [0.25, 0.3) is 0 Å². The molecule has 0 bridgehead atoms. The summed E-state index contributed by atoms with van der Waals surface area (Å²) in [5.74, 6) is 0.481. The number of nitrogens with zero attached hydrogens (tertiary/aromatic N) is 4. The summed E-state index contributed by atoms with van der Waals surface area (Å²) in [6.45, 7) is 4.63. The van der Waals surface area contributed by atoms with Crippen molar-refractivity contribution in [1.29, 1.82) is 0 Å². The van der Waals surface area contributed by atoms with Gasteiger partial charge in [0.1, 0.15) is 11.8 Å². The van der Waals surface area contributed by atoms with Crippen LogP contribution in [0.25, 0.3) is 0 Å². The lowest BCUT2D eigenvalue weighted by Crippen LogP contribution is -2.06. The van der Waals surface area contributed by atoms with E-state index in [1.54, 1.807) is 26.2 Å². The lowest BCUT2D eigenvalue weighted by atomic mass is 10.4. The third-order valence-corrected chi connectivity index (χ3v) is 2.67. The molecular weight excluding hydrogens is 351 g/mol.